The molecule has 3 rings (SSSR count). The molecule has 1 saturated heterocycles. The molecule has 0 aromatic carbocycles. The average molecular weight is 265 g/mol. The van der Waals surface area contributed by atoms with E-state index < -0.39 is 11.9 Å². The first kappa shape index (κ1) is 12.4. The summed E-state index contributed by atoms with van der Waals surface area (Å²) >= 11 is 0. The van der Waals surface area contributed by atoms with Gasteiger partial charge >= 0.3 is 5.97 Å². The first-order valence-corrected chi connectivity index (χ1v) is 6.83. The van der Waals surface area contributed by atoms with Gasteiger partial charge in [-0.1, -0.05) is 13.8 Å². The molecule has 1 aliphatic heterocycles. The fourth-order valence-corrected chi connectivity index (χ4v) is 3.14. The normalized spacial score (nSPS) is 29.3. The monoisotopic (exact) mass is 265 g/mol. The molecule has 1 aromatic rings. The van der Waals surface area contributed by atoms with Gasteiger partial charge in [0, 0.05) is 13.1 Å². The smallest absolute Gasteiger partial charge is 0.307 e. The molecule has 6 nitrogen and oxygen atoms in total. The van der Waals surface area contributed by atoms with Crippen molar-refractivity contribution in [2.75, 3.05) is 18.0 Å². The summed E-state index contributed by atoms with van der Waals surface area (Å²) < 4.78 is 5.29. The lowest BCUT2D eigenvalue weighted by Gasteiger charge is -2.24. The van der Waals surface area contributed by atoms with Gasteiger partial charge in [0.2, 0.25) is 5.89 Å². The van der Waals surface area contributed by atoms with Crippen LogP contribution >= 0.6 is 0 Å². The minimum Gasteiger partial charge on any atom is -0.481 e. The minimum absolute atomic E-state index is 0.156. The molecule has 0 amide bonds. The van der Waals surface area contributed by atoms with E-state index in [4.69, 9.17) is 4.52 Å². The van der Waals surface area contributed by atoms with Crippen molar-refractivity contribution in [1.29, 1.82) is 0 Å². The van der Waals surface area contributed by atoms with E-state index in [0.717, 1.165) is 25.9 Å². The van der Waals surface area contributed by atoms with Crippen LogP contribution in [0.25, 0.3) is 0 Å². The number of nitrogens with zero attached hydrogens (tertiary/aromatic N) is 3. The second-order valence-electron chi connectivity index (χ2n) is 6.10. The van der Waals surface area contributed by atoms with Crippen molar-refractivity contribution >= 4 is 11.9 Å². The summed E-state index contributed by atoms with van der Waals surface area (Å²) in [7, 11) is 0. The zero-order chi connectivity index (χ0) is 13.6. The van der Waals surface area contributed by atoms with E-state index in [9.17, 15) is 9.90 Å². The molecule has 0 spiro atoms. The van der Waals surface area contributed by atoms with E-state index >= 15 is 0 Å². The predicted molar refractivity (Wildman–Crippen MR) is 68.0 cm³/mol. The van der Waals surface area contributed by atoms with E-state index in [1.165, 1.54) is 6.42 Å². The van der Waals surface area contributed by atoms with Crippen molar-refractivity contribution in [2.45, 2.75) is 39.0 Å². The van der Waals surface area contributed by atoms with Crippen molar-refractivity contribution < 1.29 is 14.4 Å². The SMILES string of the molecule is CC1(C)C(C(=O)O)C1c1nc(N2CCCCC2)no1. The lowest BCUT2D eigenvalue weighted by molar-refractivity contribution is -0.139. The molecule has 19 heavy (non-hydrogen) atoms. The Kier molecular flexibility index (Phi) is 2.76. The number of hydrogen-bond donors (Lipinski definition) is 1. The number of aliphatic carboxylic acids is 1. The summed E-state index contributed by atoms with van der Waals surface area (Å²) in [5.41, 5.74) is -0.294. The van der Waals surface area contributed by atoms with E-state index in [2.05, 4.69) is 15.0 Å². The van der Waals surface area contributed by atoms with E-state index in [1.54, 1.807) is 0 Å². The van der Waals surface area contributed by atoms with Crippen LogP contribution in [0.1, 0.15) is 44.9 Å². The highest BCUT2D eigenvalue weighted by atomic mass is 16.5. The van der Waals surface area contributed by atoms with Gasteiger partial charge < -0.3 is 14.5 Å². The molecule has 1 N–H and O–H groups in total. The van der Waals surface area contributed by atoms with E-state index in [1.807, 2.05) is 13.8 Å². The van der Waals surface area contributed by atoms with Crippen LogP contribution in [0.2, 0.25) is 0 Å². The molecule has 6 heteroatoms. The van der Waals surface area contributed by atoms with Crippen LogP contribution in [0, 0.1) is 11.3 Å². The average Bonchev–Trinajstić information content (AvgIpc) is 2.76. The number of carbonyl (C=O) groups is 1. The molecule has 2 aliphatic rings. The van der Waals surface area contributed by atoms with Gasteiger partial charge in [-0.2, -0.15) is 4.98 Å². The third kappa shape index (κ3) is 1.99. The van der Waals surface area contributed by atoms with Crippen LogP contribution in [-0.2, 0) is 4.79 Å². The van der Waals surface area contributed by atoms with Crippen molar-refractivity contribution in [1.82, 2.24) is 10.1 Å². The Morgan fingerprint density at radius 2 is 2.05 bits per heavy atom. The maximum Gasteiger partial charge on any atom is 0.307 e. The van der Waals surface area contributed by atoms with Gasteiger partial charge in [0.25, 0.3) is 5.95 Å². The molecular weight excluding hydrogens is 246 g/mol. The van der Waals surface area contributed by atoms with Gasteiger partial charge in [-0.05, 0) is 29.8 Å². The maximum atomic E-state index is 11.2. The summed E-state index contributed by atoms with van der Waals surface area (Å²) in [4.78, 5) is 17.7. The number of hydrogen-bond acceptors (Lipinski definition) is 5. The van der Waals surface area contributed by atoms with Crippen LogP contribution in [0.3, 0.4) is 0 Å². The molecule has 1 aromatic heterocycles. The van der Waals surface area contributed by atoms with Crippen molar-refractivity contribution in [2.24, 2.45) is 11.3 Å². The van der Waals surface area contributed by atoms with Gasteiger partial charge in [-0.3, -0.25) is 4.79 Å². The Labute approximate surface area is 111 Å². The van der Waals surface area contributed by atoms with Crippen LogP contribution in [0.5, 0.6) is 0 Å². The van der Waals surface area contributed by atoms with Gasteiger partial charge in [-0.15, -0.1) is 0 Å². The molecule has 2 atom stereocenters. The van der Waals surface area contributed by atoms with Crippen molar-refractivity contribution in [3.8, 4) is 0 Å². The first-order valence-electron chi connectivity index (χ1n) is 6.83. The summed E-state index contributed by atoms with van der Waals surface area (Å²) in [6, 6.07) is 0. The van der Waals surface area contributed by atoms with Crippen LogP contribution in [0.4, 0.5) is 5.95 Å². The van der Waals surface area contributed by atoms with E-state index in [-0.39, 0.29) is 11.3 Å². The summed E-state index contributed by atoms with van der Waals surface area (Å²) in [6.45, 7) is 5.77. The topological polar surface area (TPSA) is 79.5 Å². The highest BCUT2D eigenvalue weighted by Crippen LogP contribution is 2.64. The molecule has 2 heterocycles. The first-order chi connectivity index (χ1) is 9.01. The lowest BCUT2D eigenvalue weighted by atomic mass is 10.1. The highest BCUT2D eigenvalue weighted by Gasteiger charge is 2.65. The minimum atomic E-state index is -0.785. The maximum absolute atomic E-state index is 11.2. The Morgan fingerprint density at radius 3 is 2.63 bits per heavy atom. The molecule has 1 saturated carbocycles. The Morgan fingerprint density at radius 1 is 1.37 bits per heavy atom. The highest BCUT2D eigenvalue weighted by molar-refractivity contribution is 5.77. The number of carboxylic acids is 1. The largest absolute Gasteiger partial charge is 0.481 e. The quantitative estimate of drug-likeness (QED) is 0.899. The lowest BCUT2D eigenvalue weighted by Crippen LogP contribution is -2.30. The summed E-state index contributed by atoms with van der Waals surface area (Å²) in [5, 5.41) is 13.2. The fraction of sp³-hybridized carbons (Fsp3) is 0.769. The number of carboxylic acid groups (broad SMARTS) is 1. The molecule has 0 radical (unpaired) electrons. The standard InChI is InChI=1S/C13H19N3O3/c1-13(2)8(9(13)11(17)18)10-14-12(15-19-10)16-6-4-3-5-7-16/h8-9H,3-7H2,1-2H3,(H,17,18). The number of rotatable bonds is 3. The third-order valence-corrected chi connectivity index (χ3v) is 4.43. The Balaban J connectivity index is 1.77. The van der Waals surface area contributed by atoms with Crippen molar-refractivity contribution in [3.63, 3.8) is 0 Å². The van der Waals surface area contributed by atoms with Crippen LogP contribution in [-0.4, -0.2) is 34.3 Å². The summed E-state index contributed by atoms with van der Waals surface area (Å²) in [5.74, 6) is -0.273. The zero-order valence-electron chi connectivity index (χ0n) is 11.3. The predicted octanol–water partition coefficient (Wildman–Crippen LogP) is 1.88. The summed E-state index contributed by atoms with van der Waals surface area (Å²) in [6.07, 6.45) is 3.55. The molecule has 104 valence electrons. The van der Waals surface area contributed by atoms with Gasteiger partial charge in [0.15, 0.2) is 0 Å². The molecule has 0 bridgehead atoms. The zero-order valence-corrected chi connectivity index (χ0v) is 11.3. The molecule has 2 unspecified atom stereocenters. The number of anilines is 1. The fourth-order valence-electron chi connectivity index (χ4n) is 3.14. The van der Waals surface area contributed by atoms with Crippen LogP contribution in [0.15, 0.2) is 4.52 Å². The van der Waals surface area contributed by atoms with Crippen molar-refractivity contribution in [3.05, 3.63) is 5.89 Å². The third-order valence-electron chi connectivity index (χ3n) is 4.43. The van der Waals surface area contributed by atoms with Gasteiger partial charge in [0.1, 0.15) is 0 Å². The van der Waals surface area contributed by atoms with Crippen LogP contribution < -0.4 is 4.90 Å². The Hall–Kier alpha value is -1.59. The second kappa shape index (κ2) is 4.21. The molecular formula is C13H19N3O3. The number of piperidine rings is 1. The molecule has 2 fully saturated rings. The van der Waals surface area contributed by atoms with Gasteiger partial charge in [0.05, 0.1) is 11.8 Å². The Bertz CT molecular complexity index is 491. The number of aromatic nitrogens is 2. The van der Waals surface area contributed by atoms with Gasteiger partial charge in [-0.25, -0.2) is 0 Å². The second-order valence-corrected chi connectivity index (χ2v) is 6.10. The van der Waals surface area contributed by atoms with E-state index in [0.29, 0.717) is 11.8 Å². The molecule has 1 aliphatic carbocycles.